The average Bonchev–Trinajstić information content (AvgIpc) is 3.35. The molecule has 2 aromatic rings. The first-order valence-electron chi connectivity index (χ1n) is 12.3. The van der Waals surface area contributed by atoms with E-state index >= 15 is 0 Å². The molecule has 38 heavy (non-hydrogen) atoms. The van der Waals surface area contributed by atoms with Crippen LogP contribution in [0.4, 0.5) is 5.69 Å². The van der Waals surface area contributed by atoms with Gasteiger partial charge in [0.2, 0.25) is 11.8 Å². The highest BCUT2D eigenvalue weighted by Crippen LogP contribution is 2.23. The number of carbonyl (C=O) groups excluding carboxylic acids is 1. The van der Waals surface area contributed by atoms with Gasteiger partial charge in [-0.3, -0.25) is 9.79 Å². The molecule has 1 amide bonds. The zero-order valence-corrected chi connectivity index (χ0v) is 21.2. The lowest BCUT2D eigenvalue weighted by Gasteiger charge is -2.16. The highest BCUT2D eigenvalue weighted by Gasteiger charge is 2.17. The zero-order chi connectivity index (χ0) is 26.2. The minimum absolute atomic E-state index is 0.249. The molecule has 2 N–H and O–H groups in total. The molecule has 0 unspecified atom stereocenters. The first-order valence-corrected chi connectivity index (χ1v) is 12.3. The van der Waals surface area contributed by atoms with E-state index in [9.17, 15) is 4.79 Å². The zero-order valence-electron chi connectivity index (χ0n) is 21.2. The molecule has 0 bridgehead atoms. The van der Waals surface area contributed by atoms with E-state index in [2.05, 4.69) is 44.6 Å². The van der Waals surface area contributed by atoms with Crippen molar-refractivity contribution in [3.63, 3.8) is 0 Å². The second kappa shape index (κ2) is 9.48. The fourth-order valence-electron chi connectivity index (χ4n) is 4.90. The number of pyridine rings is 1. The number of aromatic amines is 1. The smallest absolute Gasteiger partial charge is 0.247 e. The van der Waals surface area contributed by atoms with Crippen molar-refractivity contribution in [2.24, 2.45) is 12.0 Å². The molecule has 8 nitrogen and oxygen atoms in total. The van der Waals surface area contributed by atoms with Crippen molar-refractivity contribution in [1.82, 2.24) is 19.5 Å². The van der Waals surface area contributed by atoms with Crippen molar-refractivity contribution < 1.29 is 9.53 Å². The van der Waals surface area contributed by atoms with Crippen molar-refractivity contribution in [3.8, 4) is 17.1 Å². The van der Waals surface area contributed by atoms with Gasteiger partial charge < -0.3 is 19.6 Å². The number of nitrogens with one attached hydrogen (secondary N) is 2. The van der Waals surface area contributed by atoms with Crippen LogP contribution in [0.15, 0.2) is 84.3 Å². The molecule has 8 heteroatoms. The van der Waals surface area contributed by atoms with Crippen molar-refractivity contribution in [2.45, 2.75) is 19.9 Å². The first-order chi connectivity index (χ1) is 18.5. The Labute approximate surface area is 218 Å². The molecular weight excluding hydrogens is 476 g/mol. The molecule has 6 rings (SSSR count). The highest BCUT2D eigenvalue weighted by atomic mass is 16.5. The Morgan fingerprint density at radius 1 is 1.18 bits per heavy atom. The average molecular weight is 503 g/mol. The maximum Gasteiger partial charge on any atom is 0.247 e. The van der Waals surface area contributed by atoms with Crippen LogP contribution in [0.1, 0.15) is 16.8 Å². The fraction of sp³-hybridized carbons (Fsp3) is 0.133. The minimum atomic E-state index is -0.249. The number of fused-ring (bicyclic) bond motifs is 2. The quantitative estimate of drug-likeness (QED) is 0.408. The predicted molar refractivity (Wildman–Crippen MR) is 145 cm³/mol. The normalized spacial score (nSPS) is 13.1. The molecule has 4 aliphatic rings. The van der Waals surface area contributed by atoms with Gasteiger partial charge >= 0.3 is 0 Å². The fourth-order valence-corrected chi connectivity index (χ4v) is 4.90. The summed E-state index contributed by atoms with van der Waals surface area (Å²) in [5.41, 5.74) is 7.57. The summed E-state index contributed by atoms with van der Waals surface area (Å²) >= 11 is 0. The minimum Gasteiger partial charge on any atom is -0.439 e. The highest BCUT2D eigenvalue weighted by molar-refractivity contribution is 5.98. The monoisotopic (exact) mass is 502 g/mol. The number of allylic oxidation sites excluding steroid dienone is 2. The molecule has 0 spiro atoms. The molecule has 1 aromatic heterocycles. The summed E-state index contributed by atoms with van der Waals surface area (Å²) in [6.45, 7) is 6.06. The van der Waals surface area contributed by atoms with Gasteiger partial charge in [0.05, 0.1) is 18.1 Å². The number of H-pyrrole nitrogens is 1. The summed E-state index contributed by atoms with van der Waals surface area (Å²) in [5, 5.41) is 4.88. The van der Waals surface area contributed by atoms with Crippen LogP contribution >= 0.6 is 0 Å². The van der Waals surface area contributed by atoms with Gasteiger partial charge in [-0.1, -0.05) is 24.8 Å². The summed E-state index contributed by atoms with van der Waals surface area (Å²) in [7, 11) is 2.01. The lowest BCUT2D eigenvalue weighted by Crippen LogP contribution is -2.20. The number of aromatic nitrogens is 4. The molecule has 0 fully saturated rings. The number of ether oxygens (including phenoxy) is 1. The largest absolute Gasteiger partial charge is 0.439 e. The van der Waals surface area contributed by atoms with Crippen molar-refractivity contribution in [1.29, 1.82) is 0 Å². The van der Waals surface area contributed by atoms with Crippen LogP contribution in [-0.4, -0.2) is 25.4 Å². The van der Waals surface area contributed by atoms with Gasteiger partial charge in [-0.15, -0.1) is 0 Å². The number of hydrogen-bond acceptors (Lipinski definition) is 5. The van der Waals surface area contributed by atoms with Crippen LogP contribution in [-0.2, 0) is 24.8 Å². The molecule has 0 atom stereocenters. The summed E-state index contributed by atoms with van der Waals surface area (Å²) in [5.74, 6) is 1.06. The Balaban J connectivity index is 1.57. The Hall–Kier alpha value is -4.98. The Morgan fingerprint density at radius 2 is 2.03 bits per heavy atom. The predicted octanol–water partition coefficient (Wildman–Crippen LogP) is 3.53. The van der Waals surface area contributed by atoms with Crippen LogP contribution < -0.4 is 20.8 Å². The van der Waals surface area contributed by atoms with E-state index in [0.717, 1.165) is 44.1 Å². The summed E-state index contributed by atoms with van der Waals surface area (Å²) in [6, 6.07) is 15.6. The number of anilines is 1. The first kappa shape index (κ1) is 23.4. The second-order valence-electron chi connectivity index (χ2n) is 9.21. The lowest BCUT2D eigenvalue weighted by atomic mass is 9.97. The van der Waals surface area contributed by atoms with E-state index in [4.69, 9.17) is 14.7 Å². The van der Waals surface area contributed by atoms with Crippen LogP contribution in [0.3, 0.4) is 0 Å². The maximum atomic E-state index is 11.7. The molecule has 1 aliphatic carbocycles. The van der Waals surface area contributed by atoms with Crippen molar-refractivity contribution in [3.05, 3.63) is 118 Å². The van der Waals surface area contributed by atoms with Gasteiger partial charge in [0.15, 0.2) is 0 Å². The standard InChI is InChI=1S/C30H26N6O2/c1-4-26(37)35-21-10-8-19(9-11-21)25-15-20-14-22(38-27-7-5-6-18(2)34-27)12-13-23(20)24-16-31-29-28(24)30(36(25)3)33-17-32-29/h4-12,14-15,17H,1,13,16H2,2-3H3,(H,35,37)(H,31,32,33). The van der Waals surface area contributed by atoms with Gasteiger partial charge in [0, 0.05) is 30.2 Å². The van der Waals surface area contributed by atoms with Gasteiger partial charge in [-0.2, -0.15) is 0 Å². The third-order valence-corrected chi connectivity index (χ3v) is 6.75. The summed E-state index contributed by atoms with van der Waals surface area (Å²) in [4.78, 5) is 28.9. The van der Waals surface area contributed by atoms with Crippen LogP contribution in [0.2, 0.25) is 0 Å². The summed E-state index contributed by atoms with van der Waals surface area (Å²) < 4.78 is 8.24. The van der Waals surface area contributed by atoms with E-state index in [1.807, 2.05) is 56.4 Å². The number of nitrogens with zero attached hydrogens (tertiary/aromatic N) is 4. The van der Waals surface area contributed by atoms with E-state index < -0.39 is 0 Å². The van der Waals surface area contributed by atoms with Gasteiger partial charge in [-0.25, -0.2) is 9.97 Å². The third kappa shape index (κ3) is 4.26. The Kier molecular flexibility index (Phi) is 5.84. The lowest BCUT2D eigenvalue weighted by molar-refractivity contribution is -0.111. The number of amides is 1. The third-order valence-electron chi connectivity index (χ3n) is 6.75. The van der Waals surface area contributed by atoms with E-state index in [0.29, 0.717) is 24.5 Å². The van der Waals surface area contributed by atoms with Crippen LogP contribution in [0.5, 0.6) is 5.88 Å². The number of aryl methyl sites for hydroxylation is 1. The second-order valence-corrected chi connectivity index (χ2v) is 9.21. The molecule has 0 saturated carbocycles. The Morgan fingerprint density at radius 3 is 2.82 bits per heavy atom. The molecule has 0 saturated heterocycles. The van der Waals surface area contributed by atoms with Gasteiger partial charge in [0.1, 0.15) is 16.7 Å². The molecule has 188 valence electrons. The Bertz CT molecular complexity index is 1880. The SMILES string of the molecule is C=CC(=O)Nc1ccc(-c2cc3c(c4c5c([nH]cnc=5n2C)=NC4)CC=C(Oc2cccc(C)n2)C=3)cc1. The molecule has 3 aliphatic heterocycles. The molecule has 0 radical (unpaired) electrons. The van der Waals surface area contributed by atoms with Crippen molar-refractivity contribution in [2.75, 3.05) is 5.32 Å². The number of hydrogen-bond donors (Lipinski definition) is 2. The van der Waals surface area contributed by atoms with Crippen LogP contribution in [0.25, 0.3) is 17.3 Å². The van der Waals surface area contributed by atoms with E-state index in [1.165, 1.54) is 17.2 Å². The number of benzene rings is 1. The molecular formula is C30H26N6O2. The van der Waals surface area contributed by atoms with Gasteiger partial charge in [0.25, 0.3) is 0 Å². The maximum absolute atomic E-state index is 11.7. The van der Waals surface area contributed by atoms with Gasteiger partial charge in [-0.05, 0) is 77.7 Å². The number of rotatable bonds is 5. The molecule has 4 heterocycles. The van der Waals surface area contributed by atoms with Crippen LogP contribution in [0, 0.1) is 17.6 Å². The van der Waals surface area contributed by atoms with Crippen molar-refractivity contribution >= 4 is 17.7 Å². The van der Waals surface area contributed by atoms with E-state index in [1.54, 1.807) is 6.33 Å². The molecule has 1 aromatic carbocycles. The summed E-state index contributed by atoms with van der Waals surface area (Å²) in [6.07, 6.45) is 7.79. The van der Waals surface area contributed by atoms with E-state index in [-0.39, 0.29) is 5.91 Å². The number of carbonyl (C=O) groups is 1. The topological polar surface area (TPSA) is 97.2 Å².